The van der Waals surface area contributed by atoms with E-state index < -0.39 is 11.9 Å². The van der Waals surface area contributed by atoms with Gasteiger partial charge in [-0.05, 0) is 69.8 Å². The average Bonchev–Trinajstić information content (AvgIpc) is 3.51. The van der Waals surface area contributed by atoms with E-state index in [1.807, 2.05) is 37.3 Å². The van der Waals surface area contributed by atoms with E-state index in [-0.39, 0.29) is 31.4 Å². The number of hydrogen-bond acceptors (Lipinski definition) is 10. The Balaban J connectivity index is 0.000000627. The summed E-state index contributed by atoms with van der Waals surface area (Å²) in [6.45, 7) is 3.58. The maximum absolute atomic E-state index is 12.9. The molecule has 3 heterocycles. The van der Waals surface area contributed by atoms with E-state index in [2.05, 4.69) is 38.6 Å². The van der Waals surface area contributed by atoms with Gasteiger partial charge >= 0.3 is 11.9 Å². The van der Waals surface area contributed by atoms with Crippen LogP contribution in [0.4, 0.5) is 17.1 Å². The van der Waals surface area contributed by atoms with Gasteiger partial charge in [0, 0.05) is 41.7 Å². The van der Waals surface area contributed by atoms with Crippen molar-refractivity contribution in [1.29, 1.82) is 5.26 Å². The number of carboxylic acid groups (broad SMARTS) is 2. The van der Waals surface area contributed by atoms with Crippen LogP contribution >= 0.6 is 11.6 Å². The summed E-state index contributed by atoms with van der Waals surface area (Å²) < 4.78 is 11.7. The summed E-state index contributed by atoms with van der Waals surface area (Å²) in [4.78, 5) is 43.1. The number of pyridine rings is 2. The Hall–Kier alpha value is -5.71. The van der Waals surface area contributed by atoms with Gasteiger partial charge in [0.1, 0.15) is 24.2 Å². The smallest absolute Gasteiger partial charge is 0.303 e. The number of aliphatic carboxylic acids is 2. The van der Waals surface area contributed by atoms with Crippen molar-refractivity contribution in [3.8, 4) is 17.6 Å². The Morgan fingerprint density at radius 3 is 2.48 bits per heavy atom. The first-order valence-corrected chi connectivity index (χ1v) is 16.2. The lowest BCUT2D eigenvalue weighted by Gasteiger charge is -2.17. The first-order valence-electron chi connectivity index (χ1n) is 15.8. The third-order valence-electron chi connectivity index (χ3n) is 7.55. The lowest BCUT2D eigenvalue weighted by Crippen LogP contribution is -2.23. The minimum atomic E-state index is -1.08. The molecule has 1 amide bonds. The number of carbonyl (C=O) groups excluding carboxylic acids is 1. The first kappa shape index (κ1) is 37.1. The average molecular weight is 701 g/mol. The van der Waals surface area contributed by atoms with Crippen LogP contribution in [0.25, 0.3) is 10.9 Å². The maximum atomic E-state index is 12.9. The Bertz CT molecular complexity index is 1880. The Kier molecular flexibility index (Phi) is 13.5. The van der Waals surface area contributed by atoms with Gasteiger partial charge in [-0.25, -0.2) is 0 Å². The number of hydrogen-bond donors (Lipinski definition) is 4. The molecule has 1 aliphatic rings. The summed E-state index contributed by atoms with van der Waals surface area (Å²) in [6.07, 6.45) is 8.26. The molecule has 0 aliphatic carbocycles. The number of amides is 1. The number of nitriles is 1. The molecule has 1 fully saturated rings. The number of benzene rings is 2. The topological polar surface area (TPSA) is 187 Å². The number of aromatic nitrogens is 2. The summed E-state index contributed by atoms with van der Waals surface area (Å²) in [5, 5.41) is 33.0. The highest BCUT2D eigenvalue weighted by atomic mass is 35.5. The van der Waals surface area contributed by atoms with Crippen molar-refractivity contribution < 1.29 is 34.1 Å². The predicted octanol–water partition coefficient (Wildman–Crippen LogP) is 6.40. The molecule has 0 radical (unpaired) electrons. The van der Waals surface area contributed by atoms with Crippen molar-refractivity contribution in [2.24, 2.45) is 0 Å². The predicted molar refractivity (Wildman–Crippen MR) is 189 cm³/mol. The third-order valence-corrected chi connectivity index (χ3v) is 7.85. The molecule has 1 saturated heterocycles. The molecule has 1 aliphatic heterocycles. The fourth-order valence-electron chi connectivity index (χ4n) is 5.05. The van der Waals surface area contributed by atoms with Gasteiger partial charge in [0.25, 0.3) is 0 Å². The molecule has 0 saturated carbocycles. The molecule has 0 unspecified atom stereocenters. The second-order valence-corrected chi connectivity index (χ2v) is 11.6. The molecule has 50 heavy (non-hydrogen) atoms. The summed E-state index contributed by atoms with van der Waals surface area (Å²) in [5.74, 6) is -1.41. The molecular weight excluding hydrogens is 664 g/mol. The van der Waals surface area contributed by atoms with Crippen LogP contribution in [-0.4, -0.2) is 69.2 Å². The number of rotatable bonds is 13. The van der Waals surface area contributed by atoms with Gasteiger partial charge in [-0.3, -0.25) is 29.3 Å². The van der Waals surface area contributed by atoms with Crippen molar-refractivity contribution in [1.82, 2.24) is 14.9 Å². The van der Waals surface area contributed by atoms with E-state index in [1.54, 1.807) is 36.5 Å². The molecular formula is C36H37ClN6O7. The van der Waals surface area contributed by atoms with Gasteiger partial charge in [-0.1, -0.05) is 23.7 Å². The van der Waals surface area contributed by atoms with Crippen molar-refractivity contribution in [3.05, 3.63) is 89.4 Å². The number of nitrogens with one attached hydrogen (secondary N) is 2. The minimum absolute atomic E-state index is 0.246. The quantitative estimate of drug-likeness (QED) is 0.113. The van der Waals surface area contributed by atoms with E-state index >= 15 is 0 Å². The second-order valence-electron chi connectivity index (χ2n) is 11.2. The number of ether oxygens (including phenoxy) is 2. The Labute approximate surface area is 294 Å². The summed E-state index contributed by atoms with van der Waals surface area (Å²) >= 11 is 6.54. The first-order chi connectivity index (χ1) is 24.1. The monoisotopic (exact) mass is 700 g/mol. The van der Waals surface area contributed by atoms with E-state index in [0.717, 1.165) is 25.1 Å². The Morgan fingerprint density at radius 2 is 1.86 bits per heavy atom. The number of nitrogens with zero attached hydrogens (tertiary/aromatic N) is 4. The summed E-state index contributed by atoms with van der Waals surface area (Å²) in [6, 6.07) is 16.9. The standard InChI is InChI=1S/C32H31ClN6O3.C4H6O4/c1-3-41-30-17-27-25(16-28(30)38-31(40)12-10-24-8-6-14-39(24)2)32(21(18-34)19-36-27)37-22-9-11-29(26(33)15-22)42-20-23-7-4-5-13-35-23;5-3(6)1-2-4(7)8/h4-5,7,9-13,15-17,19,24H,3,6,8,14,20H2,1-2H3,(H,36,37)(H,38,40);1-2H2,(H,5,6)(H,7,8)/b12-10+;/t24-;/m1./s1. The molecule has 2 aromatic heterocycles. The van der Waals surface area contributed by atoms with Crippen molar-refractivity contribution >= 4 is 57.4 Å². The highest BCUT2D eigenvalue weighted by Gasteiger charge is 2.19. The zero-order valence-electron chi connectivity index (χ0n) is 27.6. The molecule has 2 aromatic carbocycles. The van der Waals surface area contributed by atoms with E-state index in [4.69, 9.17) is 31.3 Å². The number of fused-ring (bicyclic) bond motifs is 1. The number of halogens is 1. The molecule has 4 N–H and O–H groups in total. The third kappa shape index (κ3) is 10.6. The highest BCUT2D eigenvalue weighted by molar-refractivity contribution is 6.32. The van der Waals surface area contributed by atoms with Crippen LogP contribution in [-0.2, 0) is 21.0 Å². The maximum Gasteiger partial charge on any atom is 0.303 e. The van der Waals surface area contributed by atoms with Crippen LogP contribution in [0, 0.1) is 11.3 Å². The molecule has 0 bridgehead atoms. The van der Waals surface area contributed by atoms with Crippen molar-refractivity contribution in [3.63, 3.8) is 0 Å². The number of likely N-dealkylation sites (tertiary alicyclic amines) is 1. The van der Waals surface area contributed by atoms with E-state index in [0.29, 0.717) is 56.7 Å². The van der Waals surface area contributed by atoms with Crippen LogP contribution in [0.5, 0.6) is 11.5 Å². The van der Waals surface area contributed by atoms with Crippen molar-refractivity contribution in [2.75, 3.05) is 30.8 Å². The highest BCUT2D eigenvalue weighted by Crippen LogP contribution is 2.37. The molecule has 14 heteroatoms. The van der Waals surface area contributed by atoms with Crippen LogP contribution in [0.15, 0.2) is 73.1 Å². The molecule has 5 rings (SSSR count). The van der Waals surface area contributed by atoms with Crippen LogP contribution in [0.3, 0.4) is 0 Å². The van der Waals surface area contributed by atoms with Gasteiger partial charge in [0.15, 0.2) is 0 Å². The molecule has 260 valence electrons. The van der Waals surface area contributed by atoms with Crippen LogP contribution in [0.1, 0.15) is 43.9 Å². The number of carboxylic acids is 2. The molecule has 1 atom stereocenters. The normalized spacial score (nSPS) is 14.0. The lowest BCUT2D eigenvalue weighted by atomic mass is 10.1. The number of likely N-dealkylation sites (N-methyl/N-ethyl adjacent to an activating group) is 1. The molecule has 13 nitrogen and oxygen atoms in total. The summed E-state index contributed by atoms with van der Waals surface area (Å²) in [7, 11) is 2.06. The van der Waals surface area contributed by atoms with E-state index in [1.165, 1.54) is 6.20 Å². The Morgan fingerprint density at radius 1 is 1.08 bits per heavy atom. The van der Waals surface area contributed by atoms with Gasteiger partial charge in [0.05, 0.1) is 52.6 Å². The minimum Gasteiger partial charge on any atom is -0.492 e. The zero-order chi connectivity index (χ0) is 36.0. The zero-order valence-corrected chi connectivity index (χ0v) is 28.3. The molecule has 0 spiro atoms. The second kappa shape index (κ2) is 18.2. The fraction of sp³-hybridized carbons (Fsp3) is 0.278. The number of anilines is 3. The summed E-state index contributed by atoms with van der Waals surface area (Å²) in [5.41, 5.74) is 3.38. The van der Waals surface area contributed by atoms with Gasteiger partial charge in [0.2, 0.25) is 5.91 Å². The van der Waals surface area contributed by atoms with Crippen LogP contribution in [0.2, 0.25) is 5.02 Å². The van der Waals surface area contributed by atoms with E-state index in [9.17, 15) is 19.6 Å². The largest absolute Gasteiger partial charge is 0.492 e. The molecule has 4 aromatic rings. The fourth-order valence-corrected chi connectivity index (χ4v) is 5.29. The van der Waals surface area contributed by atoms with Crippen LogP contribution < -0.4 is 20.1 Å². The van der Waals surface area contributed by atoms with Gasteiger partial charge < -0.3 is 30.3 Å². The lowest BCUT2D eigenvalue weighted by molar-refractivity contribution is -0.143. The number of carbonyl (C=O) groups is 3. The van der Waals surface area contributed by atoms with Gasteiger partial charge in [-0.2, -0.15) is 5.26 Å². The van der Waals surface area contributed by atoms with Gasteiger partial charge in [-0.15, -0.1) is 0 Å². The SMILES string of the molecule is CCOc1cc2ncc(C#N)c(Nc3ccc(OCc4ccccn4)c(Cl)c3)c2cc1NC(=O)/C=C/[C@H]1CCCN1C.O=C(O)CCC(=O)O. The van der Waals surface area contributed by atoms with Crippen molar-refractivity contribution in [2.45, 2.75) is 45.3 Å².